The molecule has 0 amide bonds. The molecule has 1 atom stereocenters. The van der Waals surface area contributed by atoms with Crippen molar-refractivity contribution in [3.63, 3.8) is 0 Å². The summed E-state index contributed by atoms with van der Waals surface area (Å²) in [4.78, 5) is 0. The molecule has 0 aliphatic heterocycles. The molecule has 0 heterocycles. The van der Waals surface area contributed by atoms with Crippen LogP contribution in [0.3, 0.4) is 0 Å². The van der Waals surface area contributed by atoms with E-state index in [-0.39, 0.29) is 5.67 Å². The van der Waals surface area contributed by atoms with Crippen molar-refractivity contribution in [3.8, 4) is 0 Å². The lowest BCUT2D eigenvalue weighted by molar-refractivity contribution is 0.601. The number of rotatable bonds is 4. The summed E-state index contributed by atoms with van der Waals surface area (Å²) < 4.78 is 0. The van der Waals surface area contributed by atoms with Gasteiger partial charge in [-0.1, -0.05) is 91.4 Å². The third kappa shape index (κ3) is 2.65. The number of benzene rings is 2. The van der Waals surface area contributed by atoms with Crippen LogP contribution in [0.5, 0.6) is 0 Å². The van der Waals surface area contributed by atoms with Gasteiger partial charge in [0, 0.05) is 5.67 Å². The lowest BCUT2D eigenvalue weighted by Gasteiger charge is -2.37. The topological polar surface area (TPSA) is 26.0 Å². The van der Waals surface area contributed by atoms with Gasteiger partial charge in [-0.25, -0.2) is 0 Å². The van der Waals surface area contributed by atoms with Crippen LogP contribution >= 0.6 is 0 Å². The van der Waals surface area contributed by atoms with E-state index in [9.17, 15) is 0 Å². The molecule has 2 aromatic rings. The SMILES string of the molecule is CC(C)[C@H](N)[Si](C)(c1ccccc1)c1ccccc1. The summed E-state index contributed by atoms with van der Waals surface area (Å²) in [6.07, 6.45) is 0. The molecule has 0 spiro atoms. The van der Waals surface area contributed by atoms with Crippen LogP contribution in [0.1, 0.15) is 13.8 Å². The summed E-state index contributed by atoms with van der Waals surface area (Å²) in [6, 6.07) is 21.6. The van der Waals surface area contributed by atoms with Crippen LogP contribution in [0.25, 0.3) is 0 Å². The van der Waals surface area contributed by atoms with Crippen molar-refractivity contribution in [1.29, 1.82) is 0 Å². The zero-order valence-electron chi connectivity index (χ0n) is 12.0. The van der Waals surface area contributed by atoms with E-state index in [1.807, 2.05) is 0 Å². The molecular formula is C17H23NSi. The Morgan fingerprint density at radius 2 is 1.16 bits per heavy atom. The van der Waals surface area contributed by atoms with Crippen molar-refractivity contribution in [1.82, 2.24) is 0 Å². The van der Waals surface area contributed by atoms with Crippen LogP contribution in [-0.4, -0.2) is 13.7 Å². The highest BCUT2D eigenvalue weighted by Gasteiger charge is 2.39. The molecule has 0 aliphatic rings. The number of hydrogen-bond acceptors (Lipinski definition) is 1. The summed E-state index contributed by atoms with van der Waals surface area (Å²) >= 11 is 0. The van der Waals surface area contributed by atoms with Gasteiger partial charge in [0.25, 0.3) is 0 Å². The molecule has 2 N–H and O–H groups in total. The maximum atomic E-state index is 6.62. The predicted molar refractivity (Wildman–Crippen MR) is 86.6 cm³/mol. The molecule has 2 aromatic carbocycles. The molecule has 0 radical (unpaired) electrons. The Kier molecular flexibility index (Phi) is 4.23. The molecule has 100 valence electrons. The molecule has 0 aliphatic carbocycles. The molecule has 0 saturated carbocycles. The molecule has 0 bridgehead atoms. The second kappa shape index (κ2) is 5.72. The summed E-state index contributed by atoms with van der Waals surface area (Å²) in [7, 11) is -1.89. The average molecular weight is 269 g/mol. The first kappa shape index (κ1) is 14.0. The minimum atomic E-state index is -1.89. The predicted octanol–water partition coefficient (Wildman–Crippen LogP) is 2.40. The van der Waals surface area contributed by atoms with Crippen molar-refractivity contribution in [2.75, 3.05) is 0 Å². The van der Waals surface area contributed by atoms with Crippen LogP contribution in [-0.2, 0) is 0 Å². The third-order valence-electron chi connectivity index (χ3n) is 4.13. The van der Waals surface area contributed by atoms with Gasteiger partial charge < -0.3 is 5.73 Å². The zero-order valence-corrected chi connectivity index (χ0v) is 13.0. The highest BCUT2D eigenvalue weighted by atomic mass is 28.3. The second-order valence-electron chi connectivity index (χ2n) is 5.70. The van der Waals surface area contributed by atoms with Gasteiger partial charge in [-0.05, 0) is 5.92 Å². The van der Waals surface area contributed by atoms with Crippen molar-refractivity contribution in [2.45, 2.75) is 26.1 Å². The molecule has 1 nitrogen and oxygen atoms in total. The van der Waals surface area contributed by atoms with E-state index in [1.165, 1.54) is 10.4 Å². The van der Waals surface area contributed by atoms with Crippen LogP contribution < -0.4 is 16.1 Å². The Labute approximate surface area is 117 Å². The van der Waals surface area contributed by atoms with Crippen molar-refractivity contribution >= 4 is 18.4 Å². The van der Waals surface area contributed by atoms with Crippen LogP contribution in [0.4, 0.5) is 0 Å². The van der Waals surface area contributed by atoms with E-state index in [0.29, 0.717) is 5.92 Å². The largest absolute Gasteiger partial charge is 0.329 e. The van der Waals surface area contributed by atoms with Crippen LogP contribution in [0.2, 0.25) is 6.55 Å². The minimum Gasteiger partial charge on any atom is -0.329 e. The lowest BCUT2D eigenvalue weighted by atomic mass is 10.2. The first-order chi connectivity index (χ1) is 9.06. The van der Waals surface area contributed by atoms with E-state index in [2.05, 4.69) is 81.1 Å². The summed E-state index contributed by atoms with van der Waals surface area (Å²) in [5.41, 5.74) is 6.84. The van der Waals surface area contributed by atoms with E-state index in [1.54, 1.807) is 0 Å². The maximum absolute atomic E-state index is 6.62. The highest BCUT2D eigenvalue weighted by molar-refractivity contribution is 7.02. The molecule has 2 rings (SSSR count). The summed E-state index contributed by atoms with van der Waals surface area (Å²) in [6.45, 7) is 6.84. The second-order valence-corrected chi connectivity index (χ2v) is 9.93. The summed E-state index contributed by atoms with van der Waals surface area (Å²) in [5, 5.41) is 2.84. The van der Waals surface area contributed by atoms with Crippen LogP contribution in [0.15, 0.2) is 60.7 Å². The fourth-order valence-electron chi connectivity index (χ4n) is 2.79. The molecule has 0 aromatic heterocycles. The third-order valence-corrected chi connectivity index (χ3v) is 9.20. The Balaban J connectivity index is 2.57. The van der Waals surface area contributed by atoms with Gasteiger partial charge in [-0.15, -0.1) is 0 Å². The fourth-order valence-corrected chi connectivity index (χ4v) is 6.99. The normalized spacial score (nSPS) is 13.5. The van der Waals surface area contributed by atoms with Gasteiger partial charge >= 0.3 is 0 Å². The molecule has 2 heteroatoms. The molecule has 19 heavy (non-hydrogen) atoms. The van der Waals surface area contributed by atoms with Gasteiger partial charge in [-0.2, -0.15) is 0 Å². The lowest BCUT2D eigenvalue weighted by Crippen LogP contribution is -2.68. The first-order valence-corrected chi connectivity index (χ1v) is 9.51. The monoisotopic (exact) mass is 269 g/mol. The number of hydrogen-bond donors (Lipinski definition) is 1. The Hall–Kier alpha value is -1.38. The van der Waals surface area contributed by atoms with Gasteiger partial charge in [0.1, 0.15) is 8.07 Å². The maximum Gasteiger partial charge on any atom is 0.131 e. The van der Waals surface area contributed by atoms with E-state index < -0.39 is 8.07 Å². The van der Waals surface area contributed by atoms with Gasteiger partial charge in [0.15, 0.2) is 0 Å². The summed E-state index contributed by atoms with van der Waals surface area (Å²) in [5.74, 6) is 0.483. The fraction of sp³-hybridized carbons (Fsp3) is 0.294. The quantitative estimate of drug-likeness (QED) is 0.848. The number of nitrogens with two attached hydrogens (primary N) is 1. The Morgan fingerprint density at radius 3 is 1.47 bits per heavy atom. The molecule has 0 unspecified atom stereocenters. The van der Waals surface area contributed by atoms with Crippen molar-refractivity contribution < 1.29 is 0 Å². The van der Waals surface area contributed by atoms with E-state index in [4.69, 9.17) is 5.73 Å². The standard InChI is InChI=1S/C17H23NSi/c1-14(2)17(18)19(3,15-10-6-4-7-11-15)16-12-8-5-9-13-16/h4-14,17H,18H2,1-3H3/t17-/m1/s1. The van der Waals surface area contributed by atoms with Crippen molar-refractivity contribution in [2.24, 2.45) is 11.7 Å². The highest BCUT2D eigenvalue weighted by Crippen LogP contribution is 2.15. The van der Waals surface area contributed by atoms with E-state index >= 15 is 0 Å². The molecule has 0 fully saturated rings. The smallest absolute Gasteiger partial charge is 0.131 e. The first-order valence-electron chi connectivity index (χ1n) is 6.93. The van der Waals surface area contributed by atoms with Crippen LogP contribution in [0, 0.1) is 5.92 Å². The Morgan fingerprint density at radius 1 is 0.789 bits per heavy atom. The average Bonchev–Trinajstić information content (AvgIpc) is 2.47. The molecular weight excluding hydrogens is 246 g/mol. The minimum absolute atomic E-state index is 0.220. The Bertz CT molecular complexity index is 468. The van der Waals surface area contributed by atoms with Gasteiger partial charge in [0.05, 0.1) is 0 Å². The van der Waals surface area contributed by atoms with Gasteiger partial charge in [-0.3, -0.25) is 0 Å². The zero-order chi connectivity index (χ0) is 13.9. The van der Waals surface area contributed by atoms with E-state index in [0.717, 1.165) is 0 Å². The van der Waals surface area contributed by atoms with Gasteiger partial charge in [0.2, 0.25) is 0 Å². The molecule has 0 saturated heterocycles. The van der Waals surface area contributed by atoms with Crippen molar-refractivity contribution in [3.05, 3.63) is 60.7 Å².